The van der Waals surface area contributed by atoms with E-state index in [1.807, 2.05) is 52.0 Å². The monoisotopic (exact) mass is 383 g/mol. The zero-order valence-corrected chi connectivity index (χ0v) is 16.9. The fourth-order valence-electron chi connectivity index (χ4n) is 2.43. The van der Waals surface area contributed by atoms with Gasteiger partial charge < -0.3 is 20.7 Å². The van der Waals surface area contributed by atoms with Crippen LogP contribution in [0.25, 0.3) is 0 Å². The Morgan fingerprint density at radius 3 is 2.11 bits per heavy atom. The largest absolute Gasteiger partial charge is 0.491 e. The summed E-state index contributed by atoms with van der Waals surface area (Å²) >= 11 is 0. The van der Waals surface area contributed by atoms with Gasteiger partial charge in [-0.3, -0.25) is 9.59 Å². The zero-order chi connectivity index (χ0) is 20.5. The van der Waals surface area contributed by atoms with E-state index >= 15 is 0 Å². The third-order valence-electron chi connectivity index (χ3n) is 4.10. The molecule has 0 saturated heterocycles. The van der Waals surface area contributed by atoms with Gasteiger partial charge in [0.15, 0.2) is 0 Å². The van der Waals surface area contributed by atoms with Gasteiger partial charge in [-0.25, -0.2) is 0 Å². The van der Waals surface area contributed by atoms with E-state index in [0.717, 1.165) is 17.9 Å². The number of anilines is 2. The van der Waals surface area contributed by atoms with E-state index in [4.69, 9.17) is 4.74 Å². The first-order valence-corrected chi connectivity index (χ1v) is 9.58. The Kier molecular flexibility index (Phi) is 7.87. The summed E-state index contributed by atoms with van der Waals surface area (Å²) in [6, 6.07) is 14.5. The summed E-state index contributed by atoms with van der Waals surface area (Å²) in [6.07, 6.45) is 0.998. The Bertz CT molecular complexity index is 771. The quantitative estimate of drug-likeness (QED) is 0.610. The Balaban J connectivity index is 1.82. The minimum atomic E-state index is -0.167. The van der Waals surface area contributed by atoms with E-state index in [9.17, 15) is 9.59 Å². The average Bonchev–Trinajstić information content (AvgIpc) is 2.67. The number of benzene rings is 2. The first-order valence-electron chi connectivity index (χ1n) is 9.58. The molecule has 0 aliphatic rings. The molecule has 3 N–H and O–H groups in total. The van der Waals surface area contributed by atoms with Crippen molar-refractivity contribution in [2.45, 2.75) is 46.3 Å². The molecule has 6 heteroatoms. The number of carbonyl (C=O) groups excluding carboxylic acids is 2. The molecule has 0 heterocycles. The molecule has 0 bridgehead atoms. The lowest BCUT2D eigenvalue weighted by Crippen LogP contribution is -2.31. The van der Waals surface area contributed by atoms with E-state index in [1.165, 1.54) is 0 Å². The van der Waals surface area contributed by atoms with Gasteiger partial charge in [0.2, 0.25) is 5.91 Å². The Labute approximate surface area is 166 Å². The van der Waals surface area contributed by atoms with E-state index in [2.05, 4.69) is 16.0 Å². The molecule has 150 valence electrons. The van der Waals surface area contributed by atoms with Crippen LogP contribution < -0.4 is 20.7 Å². The summed E-state index contributed by atoms with van der Waals surface area (Å²) in [5.41, 5.74) is 2.05. The summed E-state index contributed by atoms with van der Waals surface area (Å²) in [5, 5.41) is 8.79. The van der Waals surface area contributed by atoms with Crippen molar-refractivity contribution < 1.29 is 14.3 Å². The summed E-state index contributed by atoms with van der Waals surface area (Å²) in [5.74, 6) is 0.514. The van der Waals surface area contributed by atoms with Gasteiger partial charge in [-0.2, -0.15) is 0 Å². The molecular formula is C22H29N3O3. The highest BCUT2D eigenvalue weighted by molar-refractivity contribution is 5.96. The van der Waals surface area contributed by atoms with Crippen LogP contribution in [-0.2, 0) is 4.79 Å². The second-order valence-electron chi connectivity index (χ2n) is 6.95. The number of ether oxygens (including phenoxy) is 1. The second kappa shape index (κ2) is 10.3. The van der Waals surface area contributed by atoms with Gasteiger partial charge in [-0.1, -0.05) is 6.92 Å². The molecule has 0 aromatic heterocycles. The molecule has 0 saturated carbocycles. The number of carbonyl (C=O) groups is 2. The standard InChI is InChI=1S/C22H29N3O3/c1-5-16(4)24-22(27)17-6-8-19(9-7-17)25-21(26)14-23-18-10-12-20(13-11-18)28-15(2)3/h6-13,15-16,23H,5,14H2,1-4H3,(H,24,27)(H,25,26). The molecule has 0 fully saturated rings. The number of amides is 2. The lowest BCUT2D eigenvalue weighted by atomic mass is 10.1. The lowest BCUT2D eigenvalue weighted by Gasteiger charge is -2.12. The number of rotatable bonds is 9. The van der Waals surface area contributed by atoms with Gasteiger partial charge in [-0.15, -0.1) is 0 Å². The zero-order valence-electron chi connectivity index (χ0n) is 16.9. The normalized spacial score (nSPS) is 11.6. The first kappa shape index (κ1) is 21.3. The van der Waals surface area contributed by atoms with E-state index in [1.54, 1.807) is 24.3 Å². The molecular weight excluding hydrogens is 354 g/mol. The summed E-state index contributed by atoms with van der Waals surface area (Å²) in [4.78, 5) is 24.2. The van der Waals surface area contributed by atoms with Crippen LogP contribution in [0.4, 0.5) is 11.4 Å². The van der Waals surface area contributed by atoms with Crippen molar-refractivity contribution in [1.29, 1.82) is 0 Å². The van der Waals surface area contributed by atoms with Crippen molar-refractivity contribution >= 4 is 23.2 Å². The highest BCUT2D eigenvalue weighted by atomic mass is 16.5. The molecule has 2 aromatic carbocycles. The van der Waals surface area contributed by atoms with Gasteiger partial charge in [0.05, 0.1) is 12.6 Å². The highest BCUT2D eigenvalue weighted by Crippen LogP contribution is 2.17. The van der Waals surface area contributed by atoms with Crippen LogP contribution in [0.1, 0.15) is 44.5 Å². The summed E-state index contributed by atoms with van der Waals surface area (Å²) < 4.78 is 5.59. The second-order valence-corrected chi connectivity index (χ2v) is 6.95. The molecule has 1 atom stereocenters. The number of hydrogen-bond acceptors (Lipinski definition) is 4. The maximum absolute atomic E-state index is 12.1. The van der Waals surface area contributed by atoms with Crippen molar-refractivity contribution in [1.82, 2.24) is 5.32 Å². The summed E-state index contributed by atoms with van der Waals surface area (Å²) in [7, 11) is 0. The molecule has 1 unspecified atom stereocenters. The molecule has 0 radical (unpaired) electrons. The predicted molar refractivity (Wildman–Crippen MR) is 113 cm³/mol. The van der Waals surface area contributed by atoms with Crippen molar-refractivity contribution in [3.05, 3.63) is 54.1 Å². The van der Waals surface area contributed by atoms with Crippen LogP contribution in [0, 0.1) is 0 Å². The van der Waals surface area contributed by atoms with Gasteiger partial charge in [-0.05, 0) is 75.7 Å². The van der Waals surface area contributed by atoms with E-state index in [-0.39, 0.29) is 30.5 Å². The number of hydrogen-bond donors (Lipinski definition) is 3. The van der Waals surface area contributed by atoms with Crippen LogP contribution in [0.3, 0.4) is 0 Å². The van der Waals surface area contributed by atoms with Crippen LogP contribution >= 0.6 is 0 Å². The Hall–Kier alpha value is -3.02. The third kappa shape index (κ3) is 6.95. The van der Waals surface area contributed by atoms with Crippen molar-refractivity contribution in [2.75, 3.05) is 17.2 Å². The maximum Gasteiger partial charge on any atom is 0.251 e. The van der Waals surface area contributed by atoms with Crippen LogP contribution in [0.2, 0.25) is 0 Å². The molecule has 2 amide bonds. The molecule has 0 spiro atoms. The Morgan fingerprint density at radius 1 is 0.929 bits per heavy atom. The minimum Gasteiger partial charge on any atom is -0.491 e. The summed E-state index contributed by atoms with van der Waals surface area (Å²) in [6.45, 7) is 8.07. The van der Waals surface area contributed by atoms with Gasteiger partial charge >= 0.3 is 0 Å². The fraction of sp³-hybridized carbons (Fsp3) is 0.364. The lowest BCUT2D eigenvalue weighted by molar-refractivity contribution is -0.114. The first-order chi connectivity index (χ1) is 13.4. The molecule has 2 aromatic rings. The molecule has 28 heavy (non-hydrogen) atoms. The van der Waals surface area contributed by atoms with Gasteiger partial charge in [0, 0.05) is 23.0 Å². The minimum absolute atomic E-state index is 0.112. The molecule has 2 rings (SSSR count). The third-order valence-corrected chi connectivity index (χ3v) is 4.10. The van der Waals surface area contributed by atoms with E-state index in [0.29, 0.717) is 11.3 Å². The van der Waals surface area contributed by atoms with Crippen molar-refractivity contribution in [3.63, 3.8) is 0 Å². The Morgan fingerprint density at radius 2 is 1.54 bits per heavy atom. The highest BCUT2D eigenvalue weighted by Gasteiger charge is 2.09. The van der Waals surface area contributed by atoms with Crippen LogP contribution in [0.5, 0.6) is 5.75 Å². The van der Waals surface area contributed by atoms with Crippen molar-refractivity contribution in [2.24, 2.45) is 0 Å². The van der Waals surface area contributed by atoms with Crippen molar-refractivity contribution in [3.8, 4) is 5.75 Å². The smallest absolute Gasteiger partial charge is 0.251 e. The maximum atomic E-state index is 12.1. The molecule has 6 nitrogen and oxygen atoms in total. The fourth-order valence-corrected chi connectivity index (χ4v) is 2.43. The van der Waals surface area contributed by atoms with Crippen LogP contribution in [-0.4, -0.2) is 30.5 Å². The predicted octanol–water partition coefficient (Wildman–Crippen LogP) is 4.05. The molecule has 0 aliphatic heterocycles. The topological polar surface area (TPSA) is 79.5 Å². The van der Waals surface area contributed by atoms with Gasteiger partial charge in [0.25, 0.3) is 5.91 Å². The van der Waals surface area contributed by atoms with Crippen LogP contribution in [0.15, 0.2) is 48.5 Å². The van der Waals surface area contributed by atoms with E-state index < -0.39 is 0 Å². The number of nitrogens with one attached hydrogen (secondary N) is 3. The molecule has 0 aliphatic carbocycles. The SMILES string of the molecule is CCC(C)NC(=O)c1ccc(NC(=O)CNc2ccc(OC(C)C)cc2)cc1. The average molecular weight is 383 g/mol. The van der Waals surface area contributed by atoms with Gasteiger partial charge in [0.1, 0.15) is 5.75 Å².